The maximum atomic E-state index is 12.3. The Morgan fingerprint density at radius 2 is 1.88 bits per heavy atom. The van der Waals surface area contributed by atoms with Gasteiger partial charge in [-0.2, -0.15) is 0 Å². The molecule has 1 fully saturated rings. The lowest BCUT2D eigenvalue weighted by atomic mass is 10.00. The minimum atomic E-state index is -1.04. The maximum absolute atomic E-state index is 12.3. The Kier molecular flexibility index (Phi) is 4.45. The average molecular weight is 253 g/mol. The standard InChI is InChI=1S/C13H19NO2S/c1-11-2-4-13(5-3-11)17(16)14-8-6-12(10-15)7-9-14/h2-5,12,15H,6-10H2,1H3. The SMILES string of the molecule is Cc1ccc([S+]([O-])N2CCC(CO)CC2)cc1. The van der Waals surface area contributed by atoms with E-state index >= 15 is 0 Å². The molecule has 17 heavy (non-hydrogen) atoms. The summed E-state index contributed by atoms with van der Waals surface area (Å²) < 4.78 is 14.3. The summed E-state index contributed by atoms with van der Waals surface area (Å²) in [6, 6.07) is 7.86. The average Bonchev–Trinajstić information content (AvgIpc) is 2.39. The lowest BCUT2D eigenvalue weighted by Crippen LogP contribution is -2.39. The Bertz CT molecular complexity index is 347. The van der Waals surface area contributed by atoms with Crippen molar-refractivity contribution in [2.45, 2.75) is 24.7 Å². The molecule has 0 radical (unpaired) electrons. The molecule has 1 heterocycles. The molecular formula is C13H19NO2S. The van der Waals surface area contributed by atoms with Crippen LogP contribution in [0.4, 0.5) is 0 Å². The number of benzene rings is 1. The van der Waals surface area contributed by atoms with Gasteiger partial charge in [0, 0.05) is 19.7 Å². The summed E-state index contributed by atoms with van der Waals surface area (Å²) >= 11 is -1.04. The molecule has 0 aromatic heterocycles. The van der Waals surface area contributed by atoms with Crippen LogP contribution in [0.3, 0.4) is 0 Å². The van der Waals surface area contributed by atoms with Gasteiger partial charge in [-0.1, -0.05) is 17.7 Å². The van der Waals surface area contributed by atoms with E-state index in [4.69, 9.17) is 5.11 Å². The van der Waals surface area contributed by atoms with E-state index in [0.717, 1.165) is 30.8 Å². The zero-order valence-electron chi connectivity index (χ0n) is 10.1. The van der Waals surface area contributed by atoms with Gasteiger partial charge in [0.1, 0.15) is 0 Å². The molecule has 1 aliphatic heterocycles. The largest absolute Gasteiger partial charge is 0.593 e. The van der Waals surface area contributed by atoms with Gasteiger partial charge in [-0.3, -0.25) is 0 Å². The Hall–Kier alpha value is -0.550. The minimum absolute atomic E-state index is 0.255. The molecule has 1 aromatic carbocycles. The number of rotatable bonds is 3. The highest BCUT2D eigenvalue weighted by molar-refractivity contribution is 7.89. The molecule has 1 aliphatic rings. The predicted molar refractivity (Wildman–Crippen MR) is 69.0 cm³/mol. The molecular weight excluding hydrogens is 234 g/mol. The van der Waals surface area contributed by atoms with Crippen LogP contribution in [0.25, 0.3) is 0 Å². The van der Waals surface area contributed by atoms with Gasteiger partial charge >= 0.3 is 0 Å². The fourth-order valence-corrected chi connectivity index (χ4v) is 3.27. The number of hydrogen-bond donors (Lipinski definition) is 1. The van der Waals surface area contributed by atoms with Crippen molar-refractivity contribution in [2.24, 2.45) is 5.92 Å². The molecule has 1 N–H and O–H groups in total. The molecule has 1 saturated heterocycles. The van der Waals surface area contributed by atoms with Crippen molar-refractivity contribution in [3.63, 3.8) is 0 Å². The predicted octanol–water partition coefficient (Wildman–Crippen LogP) is 1.72. The zero-order chi connectivity index (χ0) is 12.3. The minimum Gasteiger partial charge on any atom is -0.593 e. The molecule has 0 bridgehead atoms. The molecule has 0 aliphatic carbocycles. The van der Waals surface area contributed by atoms with Crippen molar-refractivity contribution in [3.8, 4) is 0 Å². The van der Waals surface area contributed by atoms with Gasteiger partial charge in [0.05, 0.1) is 11.4 Å². The molecule has 0 spiro atoms. The number of hydrogen-bond acceptors (Lipinski definition) is 3. The van der Waals surface area contributed by atoms with E-state index in [0.29, 0.717) is 5.92 Å². The summed E-state index contributed by atoms with van der Waals surface area (Å²) in [6.07, 6.45) is 1.88. The first-order valence-corrected chi connectivity index (χ1v) is 7.15. The smallest absolute Gasteiger partial charge is 0.174 e. The second-order valence-corrected chi connectivity index (χ2v) is 6.10. The Morgan fingerprint density at radius 3 is 2.41 bits per heavy atom. The quantitative estimate of drug-likeness (QED) is 0.834. The van der Waals surface area contributed by atoms with Crippen LogP contribution in [0.2, 0.25) is 0 Å². The topological polar surface area (TPSA) is 46.5 Å². The summed E-state index contributed by atoms with van der Waals surface area (Å²) in [5.74, 6) is 0.390. The van der Waals surface area contributed by atoms with Gasteiger partial charge in [-0.15, -0.1) is 4.31 Å². The van der Waals surface area contributed by atoms with Crippen molar-refractivity contribution in [3.05, 3.63) is 29.8 Å². The van der Waals surface area contributed by atoms with Crippen molar-refractivity contribution in [1.82, 2.24) is 4.31 Å². The highest BCUT2D eigenvalue weighted by Gasteiger charge is 2.27. The highest BCUT2D eigenvalue weighted by Crippen LogP contribution is 2.23. The van der Waals surface area contributed by atoms with E-state index in [1.807, 2.05) is 35.5 Å². The Balaban J connectivity index is 1.96. The molecule has 2 rings (SSSR count). The monoisotopic (exact) mass is 253 g/mol. The van der Waals surface area contributed by atoms with E-state index in [2.05, 4.69) is 0 Å². The first-order valence-electron chi connectivity index (χ1n) is 6.05. The van der Waals surface area contributed by atoms with E-state index in [-0.39, 0.29) is 6.61 Å². The van der Waals surface area contributed by atoms with Gasteiger partial charge in [0.25, 0.3) is 0 Å². The molecule has 1 unspecified atom stereocenters. The number of aryl methyl sites for hydroxylation is 1. The van der Waals surface area contributed by atoms with Gasteiger partial charge in [-0.05, 0) is 37.8 Å². The van der Waals surface area contributed by atoms with Crippen LogP contribution in [0, 0.1) is 12.8 Å². The molecule has 0 saturated carbocycles. The summed E-state index contributed by atoms with van der Waals surface area (Å²) in [6.45, 7) is 3.90. The van der Waals surface area contributed by atoms with Crippen LogP contribution >= 0.6 is 0 Å². The normalized spacial score (nSPS) is 20.4. The Morgan fingerprint density at radius 1 is 1.29 bits per heavy atom. The van der Waals surface area contributed by atoms with Crippen molar-refractivity contribution < 1.29 is 9.66 Å². The second-order valence-electron chi connectivity index (χ2n) is 4.62. The van der Waals surface area contributed by atoms with Gasteiger partial charge in [0.15, 0.2) is 4.90 Å². The molecule has 94 valence electrons. The lowest BCUT2D eigenvalue weighted by molar-refractivity contribution is 0.170. The third kappa shape index (κ3) is 3.22. The van der Waals surface area contributed by atoms with Crippen LogP contribution in [0.5, 0.6) is 0 Å². The third-order valence-corrected chi connectivity index (χ3v) is 4.80. The Labute approximate surface area is 106 Å². The van der Waals surface area contributed by atoms with Crippen LogP contribution in [0.15, 0.2) is 29.2 Å². The van der Waals surface area contributed by atoms with Crippen LogP contribution in [-0.4, -0.2) is 33.7 Å². The van der Waals surface area contributed by atoms with Crippen molar-refractivity contribution >= 4 is 11.4 Å². The number of nitrogens with zero attached hydrogens (tertiary/aromatic N) is 1. The van der Waals surface area contributed by atoms with Crippen molar-refractivity contribution in [1.29, 1.82) is 0 Å². The number of aliphatic hydroxyl groups excluding tert-OH is 1. The van der Waals surface area contributed by atoms with E-state index in [9.17, 15) is 4.55 Å². The highest BCUT2D eigenvalue weighted by atomic mass is 32.2. The number of piperidine rings is 1. The summed E-state index contributed by atoms with van der Waals surface area (Å²) in [4.78, 5) is 0.873. The molecule has 4 heteroatoms. The third-order valence-electron chi connectivity index (χ3n) is 3.29. The van der Waals surface area contributed by atoms with E-state index in [1.165, 1.54) is 5.56 Å². The van der Waals surface area contributed by atoms with E-state index < -0.39 is 11.4 Å². The second kappa shape index (κ2) is 5.87. The summed E-state index contributed by atoms with van der Waals surface area (Å²) in [5, 5.41) is 9.07. The molecule has 1 atom stereocenters. The maximum Gasteiger partial charge on any atom is 0.174 e. The fourth-order valence-electron chi connectivity index (χ4n) is 2.06. The van der Waals surface area contributed by atoms with Crippen molar-refractivity contribution in [2.75, 3.05) is 19.7 Å². The van der Waals surface area contributed by atoms with Gasteiger partial charge in [-0.25, -0.2) is 0 Å². The van der Waals surface area contributed by atoms with E-state index in [1.54, 1.807) is 0 Å². The fraction of sp³-hybridized carbons (Fsp3) is 0.538. The number of aliphatic hydroxyl groups is 1. The summed E-state index contributed by atoms with van der Waals surface area (Å²) in [5.41, 5.74) is 1.18. The van der Waals surface area contributed by atoms with Gasteiger partial charge in [0.2, 0.25) is 0 Å². The van der Waals surface area contributed by atoms with Crippen LogP contribution in [-0.2, 0) is 11.4 Å². The van der Waals surface area contributed by atoms with Crippen LogP contribution < -0.4 is 0 Å². The summed E-state index contributed by atoms with van der Waals surface area (Å²) in [7, 11) is 0. The molecule has 3 nitrogen and oxygen atoms in total. The first-order chi connectivity index (χ1) is 8.20. The first kappa shape index (κ1) is 12.9. The molecule has 1 aromatic rings. The van der Waals surface area contributed by atoms with Gasteiger partial charge < -0.3 is 9.66 Å². The zero-order valence-corrected chi connectivity index (χ0v) is 10.9. The lowest BCUT2D eigenvalue weighted by Gasteiger charge is -2.30. The molecule has 0 amide bonds. The van der Waals surface area contributed by atoms with Crippen LogP contribution in [0.1, 0.15) is 18.4 Å².